The number of unbranched alkanes of at least 4 members (excludes halogenated alkanes) is 51. The normalized spacial score (nSPS) is 14.0. The number of hydrogen-bond donors (Lipinski definition) is 3. The molecule has 0 heterocycles. The fourth-order valence-corrected chi connectivity index (χ4v) is 14.1. The highest BCUT2D eigenvalue weighted by atomic mass is 31.2. The van der Waals surface area contributed by atoms with Crippen molar-refractivity contribution in [3.05, 3.63) is 36.5 Å². The first-order chi connectivity index (χ1) is 50.7. The Bertz CT molecular complexity index is 2110. The molecule has 5 atom stereocenters. The van der Waals surface area contributed by atoms with E-state index in [4.69, 9.17) is 37.0 Å². The molecule has 0 saturated carbocycles. The minimum Gasteiger partial charge on any atom is -0.462 e. The van der Waals surface area contributed by atoms with E-state index >= 15 is 0 Å². The molecule has 0 radical (unpaired) electrons. The Kier molecular flexibility index (Phi) is 76.4. The molecule has 17 nitrogen and oxygen atoms in total. The monoisotopic (exact) mass is 1520 g/mol. The zero-order valence-corrected chi connectivity index (χ0v) is 69.0. The molecule has 0 rings (SSSR count). The van der Waals surface area contributed by atoms with Crippen LogP contribution in [0, 0.1) is 0 Å². The maximum Gasteiger partial charge on any atom is 0.472 e. The zero-order valence-electron chi connectivity index (χ0n) is 67.2. The average Bonchev–Trinajstić information content (AvgIpc) is 0.909. The summed E-state index contributed by atoms with van der Waals surface area (Å²) >= 11 is 0. The third kappa shape index (κ3) is 77.4. The highest BCUT2D eigenvalue weighted by molar-refractivity contribution is 7.47. The molecule has 0 amide bonds. The molecule has 0 aromatic heterocycles. The Morgan fingerprint density at radius 1 is 0.269 bits per heavy atom. The lowest BCUT2D eigenvalue weighted by Crippen LogP contribution is -2.30. The van der Waals surface area contributed by atoms with Crippen molar-refractivity contribution in [1.82, 2.24) is 0 Å². The zero-order chi connectivity index (χ0) is 76.0. The number of aliphatic hydroxyl groups is 1. The number of rotatable bonds is 83. The number of hydrogen-bond acceptors (Lipinski definition) is 15. The van der Waals surface area contributed by atoms with Gasteiger partial charge in [0.25, 0.3) is 0 Å². The SMILES string of the molecule is CCCCC/C=C\C/C=C\CCCCCCCC(=O)OC[C@H](COP(=O)(O)OC[C@H](O)COP(=O)(O)OC[C@@H](COC(=O)CCCCCCCCCCCCCCCCCCC)OC(=O)CCCCCCC/C=C\CCCCCCCC)OC(=O)CCCCCCCCCCCCCCCCCCC. The first-order valence-corrected chi connectivity index (χ1v) is 46.2. The van der Waals surface area contributed by atoms with Gasteiger partial charge >= 0.3 is 39.5 Å². The van der Waals surface area contributed by atoms with Gasteiger partial charge in [0.15, 0.2) is 12.2 Å². The van der Waals surface area contributed by atoms with Gasteiger partial charge in [0.1, 0.15) is 19.3 Å². The van der Waals surface area contributed by atoms with Gasteiger partial charge in [0, 0.05) is 25.7 Å². The van der Waals surface area contributed by atoms with Crippen LogP contribution >= 0.6 is 15.6 Å². The summed E-state index contributed by atoms with van der Waals surface area (Å²) in [5, 5.41) is 10.7. The van der Waals surface area contributed by atoms with E-state index in [-0.39, 0.29) is 25.7 Å². The van der Waals surface area contributed by atoms with Crippen molar-refractivity contribution in [2.45, 2.75) is 444 Å². The molecule has 0 spiro atoms. The highest BCUT2D eigenvalue weighted by Crippen LogP contribution is 2.45. The molecular weight excluding hydrogens is 1350 g/mol. The van der Waals surface area contributed by atoms with Crippen LogP contribution in [0.2, 0.25) is 0 Å². The summed E-state index contributed by atoms with van der Waals surface area (Å²) in [5.41, 5.74) is 0. The summed E-state index contributed by atoms with van der Waals surface area (Å²) in [4.78, 5) is 73.2. The van der Waals surface area contributed by atoms with Crippen molar-refractivity contribution in [2.75, 3.05) is 39.6 Å². The molecule has 3 N–H and O–H groups in total. The molecule has 0 saturated heterocycles. The summed E-state index contributed by atoms with van der Waals surface area (Å²) in [7, 11) is -9.94. The van der Waals surface area contributed by atoms with E-state index < -0.39 is 97.5 Å². The third-order valence-corrected chi connectivity index (χ3v) is 21.0. The van der Waals surface area contributed by atoms with Crippen LogP contribution < -0.4 is 0 Å². The maximum absolute atomic E-state index is 13.1. The minimum atomic E-state index is -4.97. The lowest BCUT2D eigenvalue weighted by molar-refractivity contribution is -0.161. The first kappa shape index (κ1) is 101. The second kappa shape index (κ2) is 78.4. The van der Waals surface area contributed by atoms with Gasteiger partial charge in [-0.2, -0.15) is 0 Å². The Balaban J connectivity index is 5.31. The van der Waals surface area contributed by atoms with Crippen molar-refractivity contribution in [3.63, 3.8) is 0 Å². The lowest BCUT2D eigenvalue weighted by atomic mass is 10.0. The molecule has 612 valence electrons. The van der Waals surface area contributed by atoms with E-state index in [1.54, 1.807) is 0 Å². The van der Waals surface area contributed by atoms with E-state index in [9.17, 15) is 43.2 Å². The quantitative estimate of drug-likeness (QED) is 0.0169. The van der Waals surface area contributed by atoms with Gasteiger partial charge < -0.3 is 33.8 Å². The summed E-state index contributed by atoms with van der Waals surface area (Å²) in [6.45, 7) is 4.96. The van der Waals surface area contributed by atoms with E-state index in [2.05, 4.69) is 64.2 Å². The predicted octanol–water partition coefficient (Wildman–Crippen LogP) is 25.5. The number of allylic oxidation sites excluding steroid dienone is 6. The van der Waals surface area contributed by atoms with Gasteiger partial charge in [-0.25, -0.2) is 9.13 Å². The van der Waals surface area contributed by atoms with Crippen LogP contribution in [0.25, 0.3) is 0 Å². The van der Waals surface area contributed by atoms with Crippen molar-refractivity contribution >= 4 is 39.5 Å². The number of carbonyl (C=O) groups is 4. The summed E-state index contributed by atoms with van der Waals surface area (Å²) in [6.07, 6.45) is 76.7. The number of phosphoric acid groups is 2. The second-order valence-electron chi connectivity index (χ2n) is 29.5. The van der Waals surface area contributed by atoms with E-state index in [0.29, 0.717) is 25.7 Å². The van der Waals surface area contributed by atoms with Gasteiger partial charge in [-0.3, -0.25) is 37.3 Å². The summed E-state index contributed by atoms with van der Waals surface area (Å²) < 4.78 is 68.8. The van der Waals surface area contributed by atoms with Crippen LogP contribution in [-0.4, -0.2) is 96.7 Å². The number of carbonyl (C=O) groups excluding carboxylic acids is 4. The van der Waals surface area contributed by atoms with Crippen LogP contribution in [0.1, 0.15) is 426 Å². The van der Waals surface area contributed by atoms with Crippen molar-refractivity contribution in [2.24, 2.45) is 0 Å². The lowest BCUT2D eigenvalue weighted by Gasteiger charge is -2.21. The van der Waals surface area contributed by atoms with Crippen LogP contribution in [0.4, 0.5) is 0 Å². The molecule has 2 unspecified atom stereocenters. The van der Waals surface area contributed by atoms with Crippen LogP contribution in [0.5, 0.6) is 0 Å². The Morgan fingerprint density at radius 3 is 0.740 bits per heavy atom. The van der Waals surface area contributed by atoms with Gasteiger partial charge in [-0.05, 0) is 83.5 Å². The van der Waals surface area contributed by atoms with Crippen molar-refractivity contribution in [3.8, 4) is 0 Å². The Hall–Kier alpha value is -2.72. The van der Waals surface area contributed by atoms with Gasteiger partial charge in [-0.1, -0.05) is 353 Å². The number of esters is 4. The highest BCUT2D eigenvalue weighted by Gasteiger charge is 2.30. The van der Waals surface area contributed by atoms with Crippen molar-refractivity contribution in [1.29, 1.82) is 0 Å². The molecular formula is C85H160O17P2. The number of phosphoric ester groups is 2. The predicted molar refractivity (Wildman–Crippen MR) is 428 cm³/mol. The second-order valence-corrected chi connectivity index (χ2v) is 32.4. The van der Waals surface area contributed by atoms with E-state index in [0.717, 1.165) is 128 Å². The third-order valence-electron chi connectivity index (χ3n) is 19.1. The smallest absolute Gasteiger partial charge is 0.462 e. The van der Waals surface area contributed by atoms with E-state index in [1.807, 2.05) is 0 Å². The van der Waals surface area contributed by atoms with Crippen LogP contribution in [0.3, 0.4) is 0 Å². The molecule has 0 aliphatic heterocycles. The summed E-state index contributed by atoms with van der Waals surface area (Å²) in [5.74, 6) is -2.14. The molecule has 0 aromatic carbocycles. The largest absolute Gasteiger partial charge is 0.472 e. The van der Waals surface area contributed by atoms with Crippen molar-refractivity contribution < 1.29 is 80.2 Å². The van der Waals surface area contributed by atoms with Gasteiger partial charge in [0.2, 0.25) is 0 Å². The van der Waals surface area contributed by atoms with Crippen LogP contribution in [0.15, 0.2) is 36.5 Å². The first-order valence-electron chi connectivity index (χ1n) is 43.2. The average molecular weight is 1520 g/mol. The van der Waals surface area contributed by atoms with E-state index in [1.165, 1.54) is 218 Å². The molecule has 0 aliphatic carbocycles. The fraction of sp³-hybridized carbons (Fsp3) is 0.882. The number of ether oxygens (including phenoxy) is 4. The Morgan fingerprint density at radius 2 is 0.471 bits per heavy atom. The maximum atomic E-state index is 13.1. The fourth-order valence-electron chi connectivity index (χ4n) is 12.5. The molecule has 0 aliphatic rings. The molecule has 104 heavy (non-hydrogen) atoms. The van der Waals surface area contributed by atoms with Gasteiger partial charge in [-0.15, -0.1) is 0 Å². The summed E-state index contributed by atoms with van der Waals surface area (Å²) in [6, 6.07) is 0. The van der Waals surface area contributed by atoms with Crippen LogP contribution in [-0.2, 0) is 65.4 Å². The number of aliphatic hydroxyl groups excluding tert-OH is 1. The molecule has 0 bridgehead atoms. The molecule has 19 heteroatoms. The molecule has 0 fully saturated rings. The van der Waals surface area contributed by atoms with Gasteiger partial charge in [0.05, 0.1) is 26.4 Å². The minimum absolute atomic E-state index is 0.0931. The Labute approximate surface area is 636 Å². The standard InChI is InChI=1S/C85H160O17P2/c1-5-9-13-17-21-25-29-33-37-39-43-46-50-54-58-62-66-70-83(88)96-76-80(101-84(89)71-67-63-59-55-51-47-42-36-32-28-24-20-16-12-8-4)77-99-103(91,92)97-73-79(86)74-98-104(93,94)100-78-81(75-95-82(87)69-65-61-57-53-49-45-41-35-31-27-23-19-15-11-7-3)102-85(90)72-68-64-60-56-52-48-44-40-38-34-30-26-22-18-14-10-6-2/h23,27,35-36,41-42,79-81,86H,5-22,24-26,28-34,37-40,43-78H2,1-4H3,(H,91,92)(H,93,94)/b27-23-,41-35-,42-36-/t79-,80-,81-/m1/s1. The topological polar surface area (TPSA) is 237 Å². The molecule has 0 aromatic rings.